The van der Waals surface area contributed by atoms with E-state index in [1.54, 1.807) is 0 Å². The van der Waals surface area contributed by atoms with Crippen LogP contribution >= 0.6 is 0 Å². The number of hydrogen-bond acceptors (Lipinski definition) is 0. The summed E-state index contributed by atoms with van der Waals surface area (Å²) >= 11 is 0. The molecule has 30 heavy (non-hydrogen) atoms. The van der Waals surface area contributed by atoms with Crippen molar-refractivity contribution in [3.8, 4) is 0 Å². The van der Waals surface area contributed by atoms with Crippen molar-refractivity contribution in [1.82, 2.24) is 0 Å². The van der Waals surface area contributed by atoms with Crippen LogP contribution in [0.15, 0.2) is 84.9 Å². The SMILES string of the molecule is CC1(C)c2ccccc2C(C)(C)c2cc3c4ccccc4c4ccccc4c3cc21. The van der Waals surface area contributed by atoms with E-state index >= 15 is 0 Å². The maximum Gasteiger partial charge on any atom is 0.0152 e. The highest BCUT2D eigenvalue weighted by atomic mass is 14.4. The minimum atomic E-state index is -0.0254. The summed E-state index contributed by atoms with van der Waals surface area (Å²) in [5.74, 6) is 0. The summed E-state index contributed by atoms with van der Waals surface area (Å²) in [6, 6.07) is 31.8. The van der Waals surface area contributed by atoms with Gasteiger partial charge in [0.1, 0.15) is 0 Å². The highest BCUT2D eigenvalue weighted by molar-refractivity contribution is 6.25. The normalized spacial score (nSPS) is 16.5. The zero-order chi connectivity index (χ0) is 20.7. The van der Waals surface area contributed by atoms with E-state index in [4.69, 9.17) is 0 Å². The standard InChI is InChI=1S/C30H26/c1-29(2)25-15-9-10-16-26(25)30(3,4)28-18-24-22-14-8-6-12-20(22)19-11-5-7-13-21(19)23(24)17-27(28)29/h5-18H,1-4H3. The molecule has 0 N–H and O–H groups in total. The second-order valence-electron chi connectivity index (χ2n) is 9.83. The molecule has 0 atom stereocenters. The van der Waals surface area contributed by atoms with Gasteiger partial charge >= 0.3 is 0 Å². The van der Waals surface area contributed by atoms with Crippen LogP contribution < -0.4 is 0 Å². The van der Waals surface area contributed by atoms with Crippen molar-refractivity contribution >= 4 is 32.3 Å². The Bertz CT molecular complexity index is 1370. The molecule has 0 heterocycles. The molecule has 0 bridgehead atoms. The van der Waals surface area contributed by atoms with E-state index in [0.29, 0.717) is 0 Å². The van der Waals surface area contributed by atoms with Crippen LogP contribution in [0.1, 0.15) is 49.9 Å². The molecule has 1 aliphatic rings. The third kappa shape index (κ3) is 2.12. The first-order chi connectivity index (χ1) is 14.4. The van der Waals surface area contributed by atoms with E-state index in [0.717, 1.165) is 0 Å². The minimum absolute atomic E-state index is 0.0254. The van der Waals surface area contributed by atoms with E-state index < -0.39 is 0 Å². The van der Waals surface area contributed by atoms with Crippen molar-refractivity contribution in [3.05, 3.63) is 107 Å². The van der Waals surface area contributed by atoms with Crippen molar-refractivity contribution in [2.45, 2.75) is 38.5 Å². The molecular weight excluding hydrogens is 360 g/mol. The second kappa shape index (κ2) is 5.73. The average Bonchev–Trinajstić information content (AvgIpc) is 2.77. The van der Waals surface area contributed by atoms with Crippen LogP contribution in [0.5, 0.6) is 0 Å². The van der Waals surface area contributed by atoms with Gasteiger partial charge in [-0.15, -0.1) is 0 Å². The summed E-state index contributed by atoms with van der Waals surface area (Å²) in [4.78, 5) is 0. The van der Waals surface area contributed by atoms with Gasteiger partial charge in [-0.2, -0.15) is 0 Å². The van der Waals surface area contributed by atoms with Gasteiger partial charge in [-0.25, -0.2) is 0 Å². The molecule has 0 nitrogen and oxygen atoms in total. The molecular formula is C30H26. The van der Waals surface area contributed by atoms with Gasteiger partial charge in [0.15, 0.2) is 0 Å². The molecule has 0 saturated carbocycles. The first-order valence-electron chi connectivity index (χ1n) is 10.9. The number of benzene rings is 5. The lowest BCUT2D eigenvalue weighted by molar-refractivity contribution is 0.522. The fraction of sp³-hybridized carbons (Fsp3) is 0.200. The van der Waals surface area contributed by atoms with Crippen LogP contribution in [-0.4, -0.2) is 0 Å². The smallest absolute Gasteiger partial charge is 0.0152 e. The molecule has 0 unspecified atom stereocenters. The lowest BCUT2D eigenvalue weighted by Gasteiger charge is -2.44. The van der Waals surface area contributed by atoms with Crippen LogP contribution in [0.3, 0.4) is 0 Å². The molecule has 0 spiro atoms. The van der Waals surface area contributed by atoms with E-state index in [9.17, 15) is 0 Å². The topological polar surface area (TPSA) is 0 Å². The number of fused-ring (bicyclic) bond motifs is 8. The van der Waals surface area contributed by atoms with Gasteiger partial charge < -0.3 is 0 Å². The molecule has 6 rings (SSSR count). The van der Waals surface area contributed by atoms with Crippen LogP contribution in [0.2, 0.25) is 0 Å². The van der Waals surface area contributed by atoms with Gasteiger partial charge in [0.25, 0.3) is 0 Å². The lowest BCUT2D eigenvalue weighted by atomic mass is 9.59. The van der Waals surface area contributed by atoms with Crippen LogP contribution in [-0.2, 0) is 10.8 Å². The molecule has 0 aromatic heterocycles. The maximum atomic E-state index is 2.50. The molecule has 0 radical (unpaired) electrons. The van der Waals surface area contributed by atoms with Gasteiger partial charge in [-0.1, -0.05) is 100 Å². The quantitative estimate of drug-likeness (QED) is 0.236. The zero-order valence-electron chi connectivity index (χ0n) is 18.1. The van der Waals surface area contributed by atoms with Crippen LogP contribution in [0, 0.1) is 0 Å². The van der Waals surface area contributed by atoms with Crippen molar-refractivity contribution in [3.63, 3.8) is 0 Å². The Morgan fingerprint density at radius 1 is 0.367 bits per heavy atom. The zero-order valence-corrected chi connectivity index (χ0v) is 18.1. The average molecular weight is 387 g/mol. The molecule has 0 heteroatoms. The predicted molar refractivity (Wildman–Crippen MR) is 130 cm³/mol. The first-order valence-corrected chi connectivity index (χ1v) is 10.9. The van der Waals surface area contributed by atoms with Crippen molar-refractivity contribution < 1.29 is 0 Å². The molecule has 0 fully saturated rings. The molecule has 0 amide bonds. The summed E-state index contributed by atoms with van der Waals surface area (Å²) in [6.45, 7) is 9.54. The number of rotatable bonds is 0. The second-order valence-corrected chi connectivity index (χ2v) is 9.83. The van der Waals surface area contributed by atoms with Crippen molar-refractivity contribution in [2.75, 3.05) is 0 Å². The predicted octanol–water partition coefficient (Wildman–Crippen LogP) is 8.11. The molecule has 0 saturated heterocycles. The highest BCUT2D eigenvalue weighted by Gasteiger charge is 2.41. The Hall–Kier alpha value is -3.12. The van der Waals surface area contributed by atoms with E-state index in [-0.39, 0.29) is 10.8 Å². The molecule has 0 aliphatic heterocycles. The fourth-order valence-corrected chi connectivity index (χ4v) is 5.85. The van der Waals surface area contributed by atoms with E-state index in [1.807, 2.05) is 0 Å². The largest absolute Gasteiger partial charge is 0.0619 e. The minimum Gasteiger partial charge on any atom is -0.0619 e. The lowest BCUT2D eigenvalue weighted by Crippen LogP contribution is -2.36. The summed E-state index contributed by atoms with van der Waals surface area (Å²) in [5, 5.41) is 8.11. The van der Waals surface area contributed by atoms with E-state index in [1.165, 1.54) is 54.6 Å². The van der Waals surface area contributed by atoms with Gasteiger partial charge in [0.2, 0.25) is 0 Å². The maximum absolute atomic E-state index is 2.50. The van der Waals surface area contributed by atoms with E-state index in [2.05, 4.69) is 113 Å². The fourth-order valence-electron chi connectivity index (χ4n) is 5.85. The van der Waals surface area contributed by atoms with Gasteiger partial charge in [0, 0.05) is 10.8 Å². The van der Waals surface area contributed by atoms with Crippen molar-refractivity contribution in [2.24, 2.45) is 0 Å². The Kier molecular flexibility index (Phi) is 3.38. The van der Waals surface area contributed by atoms with Crippen LogP contribution in [0.25, 0.3) is 32.3 Å². The monoisotopic (exact) mass is 386 g/mol. The molecule has 5 aromatic rings. The van der Waals surface area contributed by atoms with Gasteiger partial charge in [-0.05, 0) is 66.7 Å². The molecule has 1 aliphatic carbocycles. The summed E-state index contributed by atoms with van der Waals surface area (Å²) in [6.07, 6.45) is 0. The van der Waals surface area contributed by atoms with Crippen molar-refractivity contribution in [1.29, 1.82) is 0 Å². The summed E-state index contributed by atoms with van der Waals surface area (Å²) in [7, 11) is 0. The Balaban J connectivity index is 1.85. The van der Waals surface area contributed by atoms with Gasteiger partial charge in [0.05, 0.1) is 0 Å². The Morgan fingerprint density at radius 3 is 1.03 bits per heavy atom. The molecule has 5 aromatic carbocycles. The Labute approximate surface area is 178 Å². The Morgan fingerprint density at radius 2 is 0.667 bits per heavy atom. The highest BCUT2D eigenvalue weighted by Crippen LogP contribution is 2.51. The summed E-state index contributed by atoms with van der Waals surface area (Å²) < 4.78 is 0. The van der Waals surface area contributed by atoms with Crippen LogP contribution in [0.4, 0.5) is 0 Å². The third-order valence-corrected chi connectivity index (χ3v) is 7.50. The first kappa shape index (κ1) is 17.7. The number of hydrogen-bond donors (Lipinski definition) is 0. The molecule has 146 valence electrons. The third-order valence-electron chi connectivity index (χ3n) is 7.50. The van der Waals surface area contributed by atoms with Gasteiger partial charge in [-0.3, -0.25) is 0 Å². The summed E-state index contributed by atoms with van der Waals surface area (Å²) in [5.41, 5.74) is 5.77.